The summed E-state index contributed by atoms with van der Waals surface area (Å²) in [5.41, 5.74) is 0.338. The number of hydrogen-bond donors (Lipinski definition) is 1. The number of carbonyl (C=O) groups is 1. The van der Waals surface area contributed by atoms with Crippen molar-refractivity contribution >= 4 is 5.78 Å². The Morgan fingerprint density at radius 3 is 2.40 bits per heavy atom. The Labute approximate surface area is 86.7 Å². The largest absolute Gasteiger partial charge is 0.300 e. The number of nitrogens with one attached hydrogen (secondary N) is 1. The van der Waals surface area contributed by atoms with E-state index in [2.05, 4.69) is 5.10 Å². The summed E-state index contributed by atoms with van der Waals surface area (Å²) in [6.45, 7) is 4.89. The molecule has 0 amide bonds. The van der Waals surface area contributed by atoms with Crippen molar-refractivity contribution in [2.24, 2.45) is 0 Å². The van der Waals surface area contributed by atoms with E-state index in [0.717, 1.165) is 0 Å². The fourth-order valence-corrected chi connectivity index (χ4v) is 1.22. The lowest BCUT2D eigenvalue weighted by atomic mass is 10.2. The number of aromatic amines is 1. The van der Waals surface area contributed by atoms with Crippen molar-refractivity contribution in [3.63, 3.8) is 0 Å². The average Bonchev–Trinajstić information content (AvgIpc) is 2.18. The minimum absolute atomic E-state index is 0.0130. The van der Waals surface area contributed by atoms with Gasteiger partial charge in [-0.3, -0.25) is 19.5 Å². The number of hydrogen-bond acceptors (Lipinski definition) is 3. The third-order valence-electron chi connectivity index (χ3n) is 2.39. The molecule has 0 aliphatic carbocycles. The fraction of sp³-hybridized carbons (Fsp3) is 0.500. The van der Waals surface area contributed by atoms with Gasteiger partial charge in [-0.15, -0.1) is 0 Å². The molecule has 1 aromatic rings. The van der Waals surface area contributed by atoms with Gasteiger partial charge in [0.05, 0.1) is 0 Å². The van der Waals surface area contributed by atoms with Crippen molar-refractivity contribution in [2.75, 3.05) is 0 Å². The van der Waals surface area contributed by atoms with E-state index in [-0.39, 0.29) is 29.9 Å². The van der Waals surface area contributed by atoms with E-state index in [1.165, 1.54) is 11.6 Å². The highest BCUT2D eigenvalue weighted by Gasteiger charge is 2.07. The molecule has 0 aliphatic heterocycles. The van der Waals surface area contributed by atoms with Crippen LogP contribution in [0.5, 0.6) is 0 Å². The van der Waals surface area contributed by atoms with Gasteiger partial charge in [-0.05, 0) is 20.8 Å². The summed E-state index contributed by atoms with van der Waals surface area (Å²) in [5, 5.41) is 2.44. The van der Waals surface area contributed by atoms with E-state index in [1.54, 1.807) is 13.8 Å². The highest BCUT2D eigenvalue weighted by molar-refractivity contribution is 5.75. The third-order valence-corrected chi connectivity index (χ3v) is 2.39. The molecule has 5 nitrogen and oxygen atoms in total. The lowest BCUT2D eigenvalue weighted by Gasteiger charge is -2.06. The molecule has 0 bridgehead atoms. The number of ketones is 1. The number of rotatable bonds is 3. The van der Waals surface area contributed by atoms with Gasteiger partial charge in [0.15, 0.2) is 0 Å². The van der Waals surface area contributed by atoms with Crippen LogP contribution in [0, 0.1) is 13.8 Å². The van der Waals surface area contributed by atoms with E-state index in [1.807, 2.05) is 0 Å². The summed E-state index contributed by atoms with van der Waals surface area (Å²) in [4.78, 5) is 33.8. The molecule has 1 heterocycles. The molecule has 5 heteroatoms. The summed E-state index contributed by atoms with van der Waals surface area (Å²) < 4.78 is 1.19. The monoisotopic (exact) mass is 210 g/mol. The van der Waals surface area contributed by atoms with Crippen LogP contribution in [0.15, 0.2) is 9.59 Å². The maximum Gasteiger partial charge on any atom is 0.268 e. The zero-order chi connectivity index (χ0) is 11.6. The number of aryl methyl sites for hydroxylation is 1. The molecule has 0 atom stereocenters. The van der Waals surface area contributed by atoms with Gasteiger partial charge in [0.25, 0.3) is 11.1 Å². The maximum atomic E-state index is 11.6. The van der Waals surface area contributed by atoms with Gasteiger partial charge in [-0.1, -0.05) is 0 Å². The minimum atomic E-state index is -0.282. The Kier molecular flexibility index (Phi) is 3.24. The van der Waals surface area contributed by atoms with Gasteiger partial charge >= 0.3 is 0 Å². The first kappa shape index (κ1) is 11.4. The Balaban J connectivity index is 3.16. The smallest absolute Gasteiger partial charge is 0.268 e. The number of carbonyl (C=O) groups excluding carboxylic acids is 1. The van der Waals surface area contributed by atoms with Gasteiger partial charge in [0, 0.05) is 24.1 Å². The fourth-order valence-electron chi connectivity index (χ4n) is 1.22. The zero-order valence-corrected chi connectivity index (χ0v) is 9.09. The molecule has 0 saturated heterocycles. The molecule has 15 heavy (non-hydrogen) atoms. The van der Waals surface area contributed by atoms with Gasteiger partial charge < -0.3 is 0 Å². The Bertz CT molecular complexity index is 496. The van der Waals surface area contributed by atoms with Crippen LogP contribution in [0.4, 0.5) is 0 Å². The second kappa shape index (κ2) is 4.25. The van der Waals surface area contributed by atoms with E-state index < -0.39 is 0 Å². The van der Waals surface area contributed by atoms with Crippen molar-refractivity contribution in [1.29, 1.82) is 0 Å². The second-order valence-corrected chi connectivity index (χ2v) is 3.60. The van der Waals surface area contributed by atoms with Crippen LogP contribution in [-0.2, 0) is 11.3 Å². The molecule has 1 rings (SSSR count). The predicted molar refractivity (Wildman–Crippen MR) is 56.1 cm³/mol. The van der Waals surface area contributed by atoms with Crippen LogP contribution in [-0.4, -0.2) is 15.6 Å². The van der Waals surface area contributed by atoms with Crippen LogP contribution >= 0.6 is 0 Å². The molecule has 0 saturated carbocycles. The summed E-state index contributed by atoms with van der Waals surface area (Å²) in [6, 6.07) is 0. The van der Waals surface area contributed by atoms with Crippen molar-refractivity contribution in [3.05, 3.63) is 31.8 Å². The third kappa shape index (κ3) is 2.43. The standard InChI is InChI=1S/C10H14N2O3/c1-6(13)4-5-12-10(15)8(3)7(2)9(14)11-12/h4-5H2,1-3H3,(H,11,14). The molecule has 0 aromatic carbocycles. The van der Waals surface area contributed by atoms with Crippen LogP contribution in [0.3, 0.4) is 0 Å². The van der Waals surface area contributed by atoms with E-state index in [4.69, 9.17) is 0 Å². The number of nitrogens with zero attached hydrogens (tertiary/aromatic N) is 1. The van der Waals surface area contributed by atoms with Crippen LogP contribution in [0.1, 0.15) is 24.5 Å². The first-order valence-electron chi connectivity index (χ1n) is 4.73. The maximum absolute atomic E-state index is 11.6. The topological polar surface area (TPSA) is 71.9 Å². The highest BCUT2D eigenvalue weighted by atomic mass is 16.2. The predicted octanol–water partition coefficient (Wildman–Crippen LogP) is 0.133. The van der Waals surface area contributed by atoms with Crippen molar-refractivity contribution in [3.8, 4) is 0 Å². The lowest BCUT2D eigenvalue weighted by Crippen LogP contribution is -2.33. The molecule has 1 aromatic heterocycles. The van der Waals surface area contributed by atoms with Crippen LogP contribution < -0.4 is 11.1 Å². The Morgan fingerprint density at radius 1 is 1.27 bits per heavy atom. The molecule has 0 radical (unpaired) electrons. The number of H-pyrrole nitrogens is 1. The van der Waals surface area contributed by atoms with E-state index in [0.29, 0.717) is 11.1 Å². The molecular formula is C10H14N2O3. The SMILES string of the molecule is CC(=O)CCn1[nH]c(=O)c(C)c(C)c1=O. The zero-order valence-electron chi connectivity index (χ0n) is 9.09. The first-order chi connectivity index (χ1) is 6.93. The summed E-state index contributed by atoms with van der Waals surface area (Å²) >= 11 is 0. The van der Waals surface area contributed by atoms with Gasteiger partial charge in [-0.2, -0.15) is 0 Å². The first-order valence-corrected chi connectivity index (χ1v) is 4.73. The van der Waals surface area contributed by atoms with Gasteiger partial charge in [0.2, 0.25) is 0 Å². The molecule has 0 unspecified atom stereocenters. The van der Waals surface area contributed by atoms with Crippen molar-refractivity contribution < 1.29 is 4.79 Å². The van der Waals surface area contributed by atoms with E-state index >= 15 is 0 Å². The lowest BCUT2D eigenvalue weighted by molar-refractivity contribution is -0.117. The van der Waals surface area contributed by atoms with Gasteiger partial charge in [0.1, 0.15) is 5.78 Å². The number of aromatic nitrogens is 2. The van der Waals surface area contributed by atoms with Gasteiger partial charge in [-0.25, -0.2) is 4.68 Å². The molecule has 0 spiro atoms. The molecule has 82 valence electrons. The highest BCUT2D eigenvalue weighted by Crippen LogP contribution is 1.92. The Hall–Kier alpha value is -1.65. The minimum Gasteiger partial charge on any atom is -0.300 e. The van der Waals surface area contributed by atoms with Crippen molar-refractivity contribution in [2.45, 2.75) is 33.7 Å². The van der Waals surface area contributed by atoms with E-state index in [9.17, 15) is 14.4 Å². The van der Waals surface area contributed by atoms with Crippen LogP contribution in [0.2, 0.25) is 0 Å². The second-order valence-electron chi connectivity index (χ2n) is 3.60. The molecule has 0 fully saturated rings. The average molecular weight is 210 g/mol. The summed E-state index contributed by atoms with van der Waals surface area (Å²) in [5.74, 6) is -0.0130. The summed E-state index contributed by atoms with van der Waals surface area (Å²) in [6.07, 6.45) is 0.248. The Morgan fingerprint density at radius 2 is 1.87 bits per heavy atom. The number of Topliss-reactive ketones (excluding diaryl/α,β-unsaturated/α-hetero) is 1. The quantitative estimate of drug-likeness (QED) is 0.770. The molecule has 0 aliphatic rings. The molecular weight excluding hydrogens is 196 g/mol. The van der Waals surface area contributed by atoms with Crippen molar-refractivity contribution in [1.82, 2.24) is 9.78 Å². The summed E-state index contributed by atoms with van der Waals surface area (Å²) in [7, 11) is 0. The normalized spacial score (nSPS) is 10.3. The van der Waals surface area contributed by atoms with Crippen LogP contribution in [0.25, 0.3) is 0 Å². The molecule has 1 N–H and O–H groups in total.